The van der Waals surface area contributed by atoms with E-state index < -0.39 is 12.1 Å². The zero-order valence-electron chi connectivity index (χ0n) is 51.8. The third-order valence-corrected chi connectivity index (χ3v) is 16.6. The molecule has 0 aliphatic rings. The fraction of sp³-hybridized carbons (Fsp3) is 0.943. The van der Waals surface area contributed by atoms with E-state index in [1.54, 1.807) is 0 Å². The van der Waals surface area contributed by atoms with Crippen molar-refractivity contribution in [3.05, 3.63) is 12.2 Å². The number of carbonyl (C=O) groups is 2. The summed E-state index contributed by atoms with van der Waals surface area (Å²) in [5.41, 5.74) is 0. The molecule has 0 aliphatic heterocycles. The zero-order valence-corrected chi connectivity index (χ0v) is 51.8. The Bertz CT molecular complexity index is 1140. The molecular formula is C70H137NO5. The number of unbranched alkanes of at least 4 members (excludes halogenated alkanes) is 53. The van der Waals surface area contributed by atoms with Gasteiger partial charge in [0.05, 0.1) is 25.4 Å². The monoisotopic (exact) mass is 1070 g/mol. The van der Waals surface area contributed by atoms with Gasteiger partial charge in [-0.1, -0.05) is 347 Å². The van der Waals surface area contributed by atoms with Crippen molar-refractivity contribution < 1.29 is 24.5 Å². The lowest BCUT2D eigenvalue weighted by Crippen LogP contribution is -2.45. The van der Waals surface area contributed by atoms with Crippen LogP contribution in [0.15, 0.2) is 12.2 Å². The molecule has 0 saturated carbocycles. The SMILES string of the molecule is CCCCCCCCCCCCCCCCCCCCCCCC(O)C(CO)NC(=O)CCCCCCCCCC/C=C\CCCCCCCCCCCCCCOC(=O)CCCCCCCCCCCCCCCC. The van der Waals surface area contributed by atoms with E-state index >= 15 is 0 Å². The van der Waals surface area contributed by atoms with Crippen molar-refractivity contribution in [1.29, 1.82) is 0 Å². The number of nitrogens with one attached hydrogen (secondary N) is 1. The van der Waals surface area contributed by atoms with Gasteiger partial charge in [0.1, 0.15) is 0 Å². The van der Waals surface area contributed by atoms with Crippen LogP contribution in [-0.4, -0.2) is 47.4 Å². The molecule has 0 aromatic carbocycles. The Morgan fingerprint density at radius 1 is 0.355 bits per heavy atom. The first-order valence-corrected chi connectivity index (χ1v) is 34.9. The summed E-state index contributed by atoms with van der Waals surface area (Å²) in [7, 11) is 0. The van der Waals surface area contributed by atoms with Gasteiger partial charge in [0.2, 0.25) is 5.91 Å². The number of aliphatic hydroxyl groups is 2. The van der Waals surface area contributed by atoms with E-state index in [4.69, 9.17) is 4.74 Å². The standard InChI is InChI=1S/C70H137NO5/c1-3-5-7-9-11-13-15-17-19-20-21-26-29-32-35-38-42-46-50-54-58-62-68(73)67(66-72)71-69(74)63-59-55-51-47-43-39-36-33-30-27-24-22-23-25-28-31-34-37-41-45-49-53-57-61-65-76-70(75)64-60-56-52-48-44-40-18-16-14-12-10-8-6-4-2/h24,27,67-68,72-73H,3-23,25-26,28-66H2,1-2H3,(H,71,74)/b27-24-. The van der Waals surface area contributed by atoms with Crippen LogP contribution in [0, 0.1) is 0 Å². The molecule has 6 nitrogen and oxygen atoms in total. The van der Waals surface area contributed by atoms with Crippen LogP contribution in [0.4, 0.5) is 0 Å². The number of hydrogen-bond acceptors (Lipinski definition) is 5. The Kier molecular flexibility index (Phi) is 64.9. The molecule has 3 N–H and O–H groups in total. The van der Waals surface area contributed by atoms with Crippen molar-refractivity contribution in [3.8, 4) is 0 Å². The highest BCUT2D eigenvalue weighted by Gasteiger charge is 2.20. The molecule has 76 heavy (non-hydrogen) atoms. The van der Waals surface area contributed by atoms with Crippen molar-refractivity contribution in [2.75, 3.05) is 13.2 Å². The molecule has 0 heterocycles. The van der Waals surface area contributed by atoms with E-state index in [9.17, 15) is 19.8 Å². The molecule has 0 aromatic rings. The quantitative estimate of drug-likeness (QED) is 0.0320. The maximum atomic E-state index is 12.5. The molecule has 0 rings (SSSR count). The summed E-state index contributed by atoms with van der Waals surface area (Å²) >= 11 is 0. The molecule has 2 unspecified atom stereocenters. The molecular weight excluding hydrogens is 935 g/mol. The van der Waals surface area contributed by atoms with Gasteiger partial charge in [-0.25, -0.2) is 0 Å². The van der Waals surface area contributed by atoms with Gasteiger partial charge in [-0.2, -0.15) is 0 Å². The predicted molar refractivity (Wildman–Crippen MR) is 333 cm³/mol. The second-order valence-electron chi connectivity index (χ2n) is 24.2. The van der Waals surface area contributed by atoms with E-state index in [0.717, 1.165) is 38.5 Å². The van der Waals surface area contributed by atoms with E-state index in [0.29, 0.717) is 25.9 Å². The van der Waals surface area contributed by atoms with Crippen LogP contribution in [0.2, 0.25) is 0 Å². The maximum Gasteiger partial charge on any atom is 0.305 e. The summed E-state index contributed by atoms with van der Waals surface area (Å²) in [6.45, 7) is 4.99. The first-order chi connectivity index (χ1) is 37.5. The lowest BCUT2D eigenvalue weighted by Gasteiger charge is -2.22. The van der Waals surface area contributed by atoms with Crippen LogP contribution >= 0.6 is 0 Å². The summed E-state index contributed by atoms with van der Waals surface area (Å²) in [5.74, 6) is -0.0188. The lowest BCUT2D eigenvalue weighted by molar-refractivity contribution is -0.143. The van der Waals surface area contributed by atoms with Crippen LogP contribution in [0.25, 0.3) is 0 Å². The number of carbonyl (C=O) groups excluding carboxylic acids is 2. The predicted octanol–water partition coefficient (Wildman–Crippen LogP) is 22.4. The molecule has 1 amide bonds. The number of rotatable bonds is 66. The third-order valence-electron chi connectivity index (χ3n) is 16.6. The molecule has 0 radical (unpaired) electrons. The maximum absolute atomic E-state index is 12.5. The highest BCUT2D eigenvalue weighted by molar-refractivity contribution is 5.76. The minimum absolute atomic E-state index is 0.0159. The number of hydrogen-bond donors (Lipinski definition) is 3. The van der Waals surface area contributed by atoms with Crippen LogP contribution in [0.3, 0.4) is 0 Å². The average Bonchev–Trinajstić information content (AvgIpc) is 3.42. The summed E-state index contributed by atoms with van der Waals surface area (Å²) in [6, 6.07) is -0.545. The Hall–Kier alpha value is -1.40. The first-order valence-electron chi connectivity index (χ1n) is 34.9. The first kappa shape index (κ1) is 74.6. The zero-order chi connectivity index (χ0) is 55.0. The minimum Gasteiger partial charge on any atom is -0.466 e. The molecule has 0 aliphatic carbocycles. The minimum atomic E-state index is -0.667. The number of allylic oxidation sites excluding steroid dienone is 2. The van der Waals surface area contributed by atoms with Gasteiger partial charge >= 0.3 is 5.97 Å². The largest absolute Gasteiger partial charge is 0.466 e. The van der Waals surface area contributed by atoms with Gasteiger partial charge in [-0.05, 0) is 51.4 Å². The Morgan fingerprint density at radius 2 is 0.618 bits per heavy atom. The number of aliphatic hydroxyl groups excluding tert-OH is 2. The second-order valence-corrected chi connectivity index (χ2v) is 24.2. The number of amides is 1. The Morgan fingerprint density at radius 3 is 0.934 bits per heavy atom. The average molecular weight is 1070 g/mol. The molecule has 452 valence electrons. The van der Waals surface area contributed by atoms with E-state index in [1.807, 2.05) is 0 Å². The Balaban J connectivity index is 3.39. The van der Waals surface area contributed by atoms with Crippen molar-refractivity contribution >= 4 is 11.9 Å². The highest BCUT2D eigenvalue weighted by Crippen LogP contribution is 2.19. The van der Waals surface area contributed by atoms with E-state index in [-0.39, 0.29) is 18.5 Å². The molecule has 2 atom stereocenters. The van der Waals surface area contributed by atoms with Crippen molar-refractivity contribution in [2.45, 2.75) is 411 Å². The van der Waals surface area contributed by atoms with Crippen molar-refractivity contribution in [1.82, 2.24) is 5.32 Å². The fourth-order valence-electron chi connectivity index (χ4n) is 11.2. The second kappa shape index (κ2) is 66.1. The smallest absolute Gasteiger partial charge is 0.305 e. The number of esters is 1. The van der Waals surface area contributed by atoms with Gasteiger partial charge < -0.3 is 20.3 Å². The van der Waals surface area contributed by atoms with Gasteiger partial charge in [-0.3, -0.25) is 9.59 Å². The summed E-state index contributed by atoms with van der Waals surface area (Å²) in [4.78, 5) is 24.6. The molecule has 0 aromatic heterocycles. The normalized spacial score (nSPS) is 12.5. The van der Waals surface area contributed by atoms with Crippen LogP contribution in [0.5, 0.6) is 0 Å². The van der Waals surface area contributed by atoms with Gasteiger partial charge in [-0.15, -0.1) is 0 Å². The Labute approximate surface area is 476 Å². The molecule has 0 bridgehead atoms. The van der Waals surface area contributed by atoms with Crippen molar-refractivity contribution in [2.24, 2.45) is 0 Å². The highest BCUT2D eigenvalue weighted by atomic mass is 16.5. The fourth-order valence-corrected chi connectivity index (χ4v) is 11.2. The van der Waals surface area contributed by atoms with E-state index in [1.165, 1.54) is 327 Å². The van der Waals surface area contributed by atoms with Crippen LogP contribution in [0.1, 0.15) is 399 Å². The molecule has 6 heteroatoms. The summed E-state index contributed by atoms with van der Waals surface area (Å²) in [6.07, 6.45) is 81.1. The van der Waals surface area contributed by atoms with Crippen LogP contribution in [-0.2, 0) is 14.3 Å². The molecule has 0 saturated heterocycles. The lowest BCUT2D eigenvalue weighted by atomic mass is 10.0. The number of ether oxygens (including phenoxy) is 1. The third kappa shape index (κ3) is 61.8. The van der Waals surface area contributed by atoms with Gasteiger partial charge in [0.15, 0.2) is 0 Å². The molecule has 0 spiro atoms. The van der Waals surface area contributed by atoms with E-state index in [2.05, 4.69) is 31.3 Å². The van der Waals surface area contributed by atoms with Gasteiger partial charge in [0, 0.05) is 12.8 Å². The topological polar surface area (TPSA) is 95.9 Å². The molecule has 0 fully saturated rings. The summed E-state index contributed by atoms with van der Waals surface area (Å²) in [5, 5.41) is 23.4. The van der Waals surface area contributed by atoms with Crippen molar-refractivity contribution in [3.63, 3.8) is 0 Å². The van der Waals surface area contributed by atoms with Crippen LogP contribution < -0.4 is 5.32 Å². The van der Waals surface area contributed by atoms with Gasteiger partial charge in [0.25, 0.3) is 0 Å². The summed E-state index contributed by atoms with van der Waals surface area (Å²) < 4.78 is 5.49.